The van der Waals surface area contributed by atoms with Gasteiger partial charge in [0, 0.05) is 16.6 Å². The van der Waals surface area contributed by atoms with Crippen molar-refractivity contribution in [2.24, 2.45) is 5.92 Å². The second-order valence-corrected chi connectivity index (χ2v) is 6.81. The summed E-state index contributed by atoms with van der Waals surface area (Å²) in [6, 6.07) is 9.85. The lowest BCUT2D eigenvalue weighted by atomic mass is 10.1. The van der Waals surface area contributed by atoms with Crippen molar-refractivity contribution in [2.45, 2.75) is 13.8 Å². The number of phenols is 1. The number of nitrogens with zero attached hydrogens (tertiary/aromatic N) is 1. The van der Waals surface area contributed by atoms with Gasteiger partial charge in [-0.05, 0) is 48.6 Å². The van der Waals surface area contributed by atoms with E-state index >= 15 is 0 Å². The Labute approximate surface area is 160 Å². The van der Waals surface area contributed by atoms with Gasteiger partial charge in [0.15, 0.2) is 10.7 Å². The van der Waals surface area contributed by atoms with E-state index in [1.165, 1.54) is 6.07 Å². The summed E-state index contributed by atoms with van der Waals surface area (Å²) < 4.78 is 5.69. The van der Waals surface area contributed by atoms with Crippen LogP contribution >= 0.6 is 23.8 Å². The lowest BCUT2D eigenvalue weighted by molar-refractivity contribution is -0.122. The van der Waals surface area contributed by atoms with E-state index in [0.717, 1.165) is 0 Å². The van der Waals surface area contributed by atoms with Crippen LogP contribution in [0.15, 0.2) is 40.8 Å². The number of hydrogen-bond donors (Lipinski definition) is 3. The Bertz CT molecular complexity index is 1000. The summed E-state index contributed by atoms with van der Waals surface area (Å²) in [6.45, 7) is 3.55. The fraction of sp³-hybridized carbons (Fsp3) is 0.167. The molecule has 0 saturated heterocycles. The minimum atomic E-state index is -0.184. The first kappa shape index (κ1) is 18.2. The van der Waals surface area contributed by atoms with Crippen LogP contribution in [-0.4, -0.2) is 21.1 Å². The van der Waals surface area contributed by atoms with E-state index in [0.29, 0.717) is 27.4 Å². The summed E-state index contributed by atoms with van der Waals surface area (Å²) in [6.07, 6.45) is 0. The number of oxazole rings is 1. The van der Waals surface area contributed by atoms with Gasteiger partial charge in [0.25, 0.3) is 0 Å². The van der Waals surface area contributed by atoms with E-state index < -0.39 is 0 Å². The number of fused-ring (bicyclic) bond motifs is 1. The van der Waals surface area contributed by atoms with Gasteiger partial charge in [-0.15, -0.1) is 0 Å². The van der Waals surface area contributed by atoms with Crippen LogP contribution in [0, 0.1) is 5.92 Å². The number of amides is 1. The normalized spacial score (nSPS) is 10.9. The number of anilines is 1. The zero-order chi connectivity index (χ0) is 18.8. The van der Waals surface area contributed by atoms with Crippen molar-refractivity contribution in [3.05, 3.63) is 41.4 Å². The van der Waals surface area contributed by atoms with E-state index in [4.69, 9.17) is 28.2 Å². The molecular weight excluding hydrogens is 374 g/mol. The van der Waals surface area contributed by atoms with Crippen LogP contribution in [0.3, 0.4) is 0 Å². The SMILES string of the molecule is CC(C)C(=O)NC(=S)Nc1ccc(O)c(-c2nc3cc(Cl)ccc3o2)c1. The molecule has 0 aliphatic heterocycles. The number of nitrogens with one attached hydrogen (secondary N) is 2. The first-order valence-corrected chi connectivity index (χ1v) is 8.63. The van der Waals surface area contributed by atoms with Crippen molar-refractivity contribution in [1.82, 2.24) is 10.3 Å². The van der Waals surface area contributed by atoms with E-state index in [2.05, 4.69) is 15.6 Å². The molecule has 1 amide bonds. The summed E-state index contributed by atoms with van der Waals surface area (Å²) in [7, 11) is 0. The van der Waals surface area contributed by atoms with Gasteiger partial charge in [-0.3, -0.25) is 4.79 Å². The number of aromatic nitrogens is 1. The quantitative estimate of drug-likeness (QED) is 0.456. The first-order chi connectivity index (χ1) is 12.3. The van der Waals surface area contributed by atoms with Gasteiger partial charge in [0.2, 0.25) is 11.8 Å². The average molecular weight is 390 g/mol. The van der Waals surface area contributed by atoms with Gasteiger partial charge in [-0.25, -0.2) is 4.98 Å². The Morgan fingerprint density at radius 1 is 1.27 bits per heavy atom. The monoisotopic (exact) mass is 389 g/mol. The van der Waals surface area contributed by atoms with Crippen molar-refractivity contribution in [1.29, 1.82) is 0 Å². The predicted octanol–water partition coefficient (Wildman–Crippen LogP) is 4.32. The smallest absolute Gasteiger partial charge is 0.231 e. The summed E-state index contributed by atoms with van der Waals surface area (Å²) in [5.74, 6) is -0.111. The second kappa shape index (κ2) is 7.31. The molecule has 0 radical (unpaired) electrons. The minimum Gasteiger partial charge on any atom is -0.507 e. The molecular formula is C18H16ClN3O3S. The Kier molecular flexibility index (Phi) is 5.11. The Balaban J connectivity index is 1.87. The highest BCUT2D eigenvalue weighted by Crippen LogP contribution is 2.33. The Hall–Kier alpha value is -2.64. The van der Waals surface area contributed by atoms with Crippen LogP contribution < -0.4 is 10.6 Å². The van der Waals surface area contributed by atoms with Gasteiger partial charge in [0.1, 0.15) is 11.3 Å². The third-order valence-corrected chi connectivity index (χ3v) is 4.03. The molecule has 0 fully saturated rings. The molecule has 3 N–H and O–H groups in total. The third kappa shape index (κ3) is 3.95. The molecule has 0 aliphatic carbocycles. The van der Waals surface area contributed by atoms with Crippen LogP contribution in [0.4, 0.5) is 5.69 Å². The maximum absolute atomic E-state index is 11.7. The molecule has 2 aromatic carbocycles. The highest BCUT2D eigenvalue weighted by atomic mass is 35.5. The zero-order valence-corrected chi connectivity index (χ0v) is 15.6. The van der Waals surface area contributed by atoms with Crippen molar-refractivity contribution >= 4 is 51.6 Å². The van der Waals surface area contributed by atoms with Crippen molar-refractivity contribution in [2.75, 3.05) is 5.32 Å². The highest BCUT2D eigenvalue weighted by molar-refractivity contribution is 7.80. The van der Waals surface area contributed by atoms with Crippen molar-refractivity contribution in [3.8, 4) is 17.2 Å². The molecule has 0 atom stereocenters. The predicted molar refractivity (Wildman–Crippen MR) is 105 cm³/mol. The third-order valence-electron chi connectivity index (χ3n) is 3.60. The number of benzene rings is 2. The number of rotatable bonds is 3. The molecule has 1 heterocycles. The molecule has 3 aromatic rings. The maximum Gasteiger partial charge on any atom is 0.231 e. The molecule has 0 saturated carbocycles. The fourth-order valence-corrected chi connectivity index (χ4v) is 2.60. The number of thiocarbonyl (C=S) groups is 1. The van der Waals surface area contributed by atoms with Crippen LogP contribution in [0.2, 0.25) is 5.02 Å². The molecule has 0 unspecified atom stereocenters. The number of hydrogen-bond acceptors (Lipinski definition) is 5. The van der Waals surface area contributed by atoms with Gasteiger partial charge < -0.3 is 20.2 Å². The topological polar surface area (TPSA) is 87.4 Å². The summed E-state index contributed by atoms with van der Waals surface area (Å²) in [5, 5.41) is 16.4. The lowest BCUT2D eigenvalue weighted by Crippen LogP contribution is -2.36. The second-order valence-electron chi connectivity index (χ2n) is 5.96. The lowest BCUT2D eigenvalue weighted by Gasteiger charge is -2.12. The molecule has 0 spiro atoms. The summed E-state index contributed by atoms with van der Waals surface area (Å²) in [5.41, 5.74) is 2.11. The van der Waals surface area contributed by atoms with E-state index in [-0.39, 0.29) is 28.6 Å². The number of carbonyl (C=O) groups excluding carboxylic acids is 1. The molecule has 1 aromatic heterocycles. The molecule has 8 heteroatoms. The van der Waals surface area contributed by atoms with E-state index in [9.17, 15) is 9.90 Å². The number of phenolic OH excluding ortho intramolecular Hbond substituents is 1. The average Bonchev–Trinajstić information content (AvgIpc) is 2.99. The summed E-state index contributed by atoms with van der Waals surface area (Å²) in [4.78, 5) is 16.1. The molecule has 26 heavy (non-hydrogen) atoms. The fourth-order valence-electron chi connectivity index (χ4n) is 2.22. The largest absolute Gasteiger partial charge is 0.507 e. The van der Waals surface area contributed by atoms with E-state index in [1.54, 1.807) is 44.2 Å². The molecule has 6 nitrogen and oxygen atoms in total. The van der Waals surface area contributed by atoms with Crippen LogP contribution in [-0.2, 0) is 4.79 Å². The van der Waals surface area contributed by atoms with Crippen LogP contribution in [0.1, 0.15) is 13.8 Å². The van der Waals surface area contributed by atoms with Gasteiger partial charge in [-0.1, -0.05) is 25.4 Å². The molecule has 3 rings (SSSR count). The minimum absolute atomic E-state index is 0.00494. The van der Waals surface area contributed by atoms with Crippen LogP contribution in [0.25, 0.3) is 22.6 Å². The van der Waals surface area contributed by atoms with Gasteiger partial charge in [-0.2, -0.15) is 0 Å². The standard InChI is InChI=1S/C18H16ClN3O3S/c1-9(2)16(24)22-18(26)20-11-4-5-14(23)12(8-11)17-21-13-7-10(19)3-6-15(13)25-17/h3-9,23H,1-2H3,(H2,20,22,24,26). The number of aromatic hydroxyl groups is 1. The van der Waals surface area contributed by atoms with E-state index in [1.807, 2.05) is 0 Å². The zero-order valence-electron chi connectivity index (χ0n) is 14.0. The summed E-state index contributed by atoms with van der Waals surface area (Å²) >= 11 is 11.1. The highest BCUT2D eigenvalue weighted by Gasteiger charge is 2.15. The molecule has 0 bridgehead atoms. The van der Waals surface area contributed by atoms with Crippen molar-refractivity contribution in [3.63, 3.8) is 0 Å². The number of halogens is 1. The van der Waals surface area contributed by atoms with Gasteiger partial charge >= 0.3 is 0 Å². The Morgan fingerprint density at radius 2 is 2.04 bits per heavy atom. The number of carbonyl (C=O) groups is 1. The Morgan fingerprint density at radius 3 is 2.77 bits per heavy atom. The van der Waals surface area contributed by atoms with Crippen LogP contribution in [0.5, 0.6) is 5.75 Å². The maximum atomic E-state index is 11.7. The molecule has 134 valence electrons. The van der Waals surface area contributed by atoms with Gasteiger partial charge in [0.05, 0.1) is 5.56 Å². The first-order valence-electron chi connectivity index (χ1n) is 7.85. The molecule has 0 aliphatic rings. The van der Waals surface area contributed by atoms with Crippen molar-refractivity contribution < 1.29 is 14.3 Å².